The van der Waals surface area contributed by atoms with Gasteiger partial charge in [-0.05, 0) is 25.1 Å². The van der Waals surface area contributed by atoms with Crippen molar-refractivity contribution in [1.29, 1.82) is 0 Å². The van der Waals surface area contributed by atoms with Crippen LogP contribution in [0.5, 0.6) is 0 Å². The van der Waals surface area contributed by atoms with Gasteiger partial charge in [-0.25, -0.2) is 22.3 Å². The predicted molar refractivity (Wildman–Crippen MR) is 72.1 cm³/mol. The summed E-state index contributed by atoms with van der Waals surface area (Å²) in [6, 6.07) is 2.52. The van der Waals surface area contributed by atoms with Gasteiger partial charge in [0.2, 0.25) is 10.0 Å². The molecular formula is C11H14FNO5S2. The van der Waals surface area contributed by atoms with Gasteiger partial charge < -0.3 is 5.11 Å². The number of halogens is 1. The Kier molecular flexibility index (Phi) is 5.37. The lowest BCUT2D eigenvalue weighted by atomic mass is 10.2. The molecule has 0 fully saturated rings. The van der Waals surface area contributed by atoms with E-state index in [9.17, 15) is 21.8 Å². The van der Waals surface area contributed by atoms with Crippen molar-refractivity contribution < 1.29 is 26.9 Å². The smallest absolute Gasteiger partial charge is 0.335 e. The molecule has 0 saturated heterocycles. The van der Waals surface area contributed by atoms with Crippen molar-refractivity contribution in [3.05, 3.63) is 29.6 Å². The highest BCUT2D eigenvalue weighted by Gasteiger charge is 2.21. The van der Waals surface area contributed by atoms with E-state index in [2.05, 4.69) is 4.72 Å². The van der Waals surface area contributed by atoms with Crippen LogP contribution in [0.1, 0.15) is 17.3 Å². The molecule has 0 radical (unpaired) electrons. The summed E-state index contributed by atoms with van der Waals surface area (Å²) in [7, 11) is -5.33. The van der Waals surface area contributed by atoms with Crippen molar-refractivity contribution in [1.82, 2.24) is 4.72 Å². The van der Waals surface area contributed by atoms with Gasteiger partial charge in [-0.2, -0.15) is 0 Å². The minimum Gasteiger partial charge on any atom is -0.478 e. The Balaban J connectivity index is 2.99. The average molecular weight is 323 g/mol. The molecule has 6 nitrogen and oxygen atoms in total. The third-order valence-corrected chi connectivity index (χ3v) is 5.35. The minimum atomic E-state index is -4.11. The van der Waals surface area contributed by atoms with Gasteiger partial charge in [0.25, 0.3) is 0 Å². The Morgan fingerprint density at radius 2 is 2.10 bits per heavy atom. The Hall–Kier alpha value is -1.32. The molecule has 20 heavy (non-hydrogen) atoms. The van der Waals surface area contributed by atoms with Gasteiger partial charge in [0, 0.05) is 28.9 Å². The van der Waals surface area contributed by atoms with Crippen LogP contribution in [0.25, 0.3) is 0 Å². The van der Waals surface area contributed by atoms with Crippen LogP contribution in [0.3, 0.4) is 0 Å². The first kappa shape index (κ1) is 16.7. The maximum atomic E-state index is 13.6. The highest BCUT2D eigenvalue weighted by atomic mass is 32.2. The van der Waals surface area contributed by atoms with Crippen molar-refractivity contribution in [3.8, 4) is 0 Å². The number of nitrogens with one attached hydrogen (secondary N) is 1. The topological polar surface area (TPSA) is 101 Å². The summed E-state index contributed by atoms with van der Waals surface area (Å²) in [5, 5.41) is 8.25. The molecule has 112 valence electrons. The second-order valence-electron chi connectivity index (χ2n) is 4.11. The Morgan fingerprint density at radius 3 is 2.55 bits per heavy atom. The fraction of sp³-hybridized carbons (Fsp3) is 0.364. The average Bonchev–Trinajstić information content (AvgIpc) is 2.35. The fourth-order valence-electron chi connectivity index (χ4n) is 1.27. The first-order chi connectivity index (χ1) is 9.15. The van der Waals surface area contributed by atoms with Gasteiger partial charge in [0.05, 0.1) is 5.56 Å². The van der Waals surface area contributed by atoms with E-state index in [1.807, 2.05) is 0 Å². The molecule has 1 aromatic carbocycles. The lowest BCUT2D eigenvalue weighted by molar-refractivity contribution is 0.0696. The lowest BCUT2D eigenvalue weighted by Gasteiger charge is -2.11. The van der Waals surface area contributed by atoms with Gasteiger partial charge in [0.15, 0.2) is 0 Å². The standard InChI is InChI=1S/C11H14FNO5S2/c1-7(19(2)16)6-13-20(17,18)10-4-3-8(11(14)15)5-9(10)12/h3-5,7,13H,6H2,1-2H3,(H,14,15). The summed E-state index contributed by atoms with van der Waals surface area (Å²) < 4.78 is 50.6. The number of carbonyl (C=O) groups is 1. The Bertz CT molecular complexity index is 644. The molecule has 0 bridgehead atoms. The summed E-state index contributed by atoms with van der Waals surface area (Å²) in [6.45, 7) is 1.48. The molecular weight excluding hydrogens is 309 g/mol. The highest BCUT2D eigenvalue weighted by molar-refractivity contribution is 7.89. The van der Waals surface area contributed by atoms with E-state index in [0.717, 1.165) is 12.1 Å². The van der Waals surface area contributed by atoms with Gasteiger partial charge in [-0.1, -0.05) is 0 Å². The molecule has 1 aromatic rings. The SMILES string of the molecule is CC(CNS(=O)(=O)c1ccc(C(=O)O)cc1F)S(C)=O. The number of hydrogen-bond donors (Lipinski definition) is 2. The van der Waals surface area contributed by atoms with Gasteiger partial charge >= 0.3 is 5.97 Å². The minimum absolute atomic E-state index is 0.106. The fourth-order valence-corrected chi connectivity index (χ4v) is 2.89. The first-order valence-electron chi connectivity index (χ1n) is 5.50. The van der Waals surface area contributed by atoms with Gasteiger partial charge in [-0.3, -0.25) is 4.21 Å². The third-order valence-electron chi connectivity index (χ3n) is 2.60. The molecule has 0 aliphatic rings. The number of sulfonamides is 1. The summed E-state index contributed by atoms with van der Waals surface area (Å²) in [5.74, 6) is -2.50. The molecule has 9 heteroatoms. The number of hydrogen-bond acceptors (Lipinski definition) is 4. The molecule has 0 spiro atoms. The predicted octanol–water partition coefficient (Wildman–Crippen LogP) is 0.569. The van der Waals surface area contributed by atoms with Gasteiger partial charge in [0.1, 0.15) is 10.7 Å². The zero-order chi connectivity index (χ0) is 15.5. The number of carboxylic acids is 1. The lowest BCUT2D eigenvalue weighted by Crippen LogP contribution is -2.33. The van der Waals surface area contributed by atoms with Crippen LogP contribution >= 0.6 is 0 Å². The molecule has 0 heterocycles. The van der Waals surface area contributed by atoms with E-state index in [0.29, 0.717) is 6.07 Å². The van der Waals surface area contributed by atoms with Crippen LogP contribution in [0.4, 0.5) is 4.39 Å². The Labute approximate surface area is 118 Å². The summed E-state index contributed by atoms with van der Waals surface area (Å²) in [6.07, 6.45) is 1.43. The number of aromatic carboxylic acids is 1. The van der Waals surface area contributed by atoms with Crippen LogP contribution in [-0.2, 0) is 20.8 Å². The van der Waals surface area contributed by atoms with Crippen LogP contribution in [0, 0.1) is 5.82 Å². The molecule has 0 aliphatic heterocycles. The number of benzene rings is 1. The van der Waals surface area contributed by atoms with E-state index in [1.165, 1.54) is 6.26 Å². The van der Waals surface area contributed by atoms with E-state index in [1.54, 1.807) is 6.92 Å². The van der Waals surface area contributed by atoms with Crippen LogP contribution < -0.4 is 4.72 Å². The van der Waals surface area contributed by atoms with E-state index >= 15 is 0 Å². The van der Waals surface area contributed by atoms with Crippen molar-refractivity contribution in [3.63, 3.8) is 0 Å². The highest BCUT2D eigenvalue weighted by Crippen LogP contribution is 2.16. The zero-order valence-electron chi connectivity index (χ0n) is 10.8. The summed E-state index contributed by atoms with van der Waals surface area (Å²) in [4.78, 5) is 10.00. The van der Waals surface area contributed by atoms with E-state index in [-0.39, 0.29) is 12.1 Å². The molecule has 1 rings (SSSR count). The quantitative estimate of drug-likeness (QED) is 0.797. The summed E-state index contributed by atoms with van der Waals surface area (Å²) >= 11 is 0. The second kappa shape index (κ2) is 6.42. The molecule has 2 unspecified atom stereocenters. The second-order valence-corrected chi connectivity index (χ2v) is 7.65. The van der Waals surface area contributed by atoms with Gasteiger partial charge in [-0.15, -0.1) is 0 Å². The maximum absolute atomic E-state index is 13.6. The zero-order valence-corrected chi connectivity index (χ0v) is 12.4. The Morgan fingerprint density at radius 1 is 1.50 bits per heavy atom. The van der Waals surface area contributed by atoms with Crippen molar-refractivity contribution in [2.75, 3.05) is 12.8 Å². The normalized spacial score (nSPS) is 14.8. The van der Waals surface area contributed by atoms with Crippen LogP contribution in [0.2, 0.25) is 0 Å². The molecule has 0 amide bonds. The van der Waals surface area contributed by atoms with Crippen molar-refractivity contribution in [2.45, 2.75) is 17.1 Å². The first-order valence-corrected chi connectivity index (χ1v) is 8.60. The van der Waals surface area contributed by atoms with Crippen LogP contribution in [0.15, 0.2) is 23.1 Å². The molecule has 2 atom stereocenters. The number of carboxylic acid groups (broad SMARTS) is 1. The van der Waals surface area contributed by atoms with Crippen LogP contribution in [-0.4, -0.2) is 41.8 Å². The summed E-state index contributed by atoms with van der Waals surface area (Å²) in [5.41, 5.74) is -0.343. The van der Waals surface area contributed by atoms with Crippen molar-refractivity contribution >= 4 is 26.8 Å². The largest absolute Gasteiger partial charge is 0.478 e. The maximum Gasteiger partial charge on any atom is 0.335 e. The monoisotopic (exact) mass is 323 g/mol. The molecule has 0 aliphatic carbocycles. The van der Waals surface area contributed by atoms with Crippen molar-refractivity contribution in [2.24, 2.45) is 0 Å². The number of rotatable bonds is 6. The molecule has 0 saturated carbocycles. The van der Waals surface area contributed by atoms with E-state index in [4.69, 9.17) is 5.11 Å². The molecule has 2 N–H and O–H groups in total. The third kappa shape index (κ3) is 4.09. The molecule has 0 aromatic heterocycles. The van der Waals surface area contributed by atoms with E-state index < -0.39 is 42.8 Å².